The largest absolute Gasteiger partial charge is 0.397 e. The summed E-state index contributed by atoms with van der Waals surface area (Å²) in [6, 6.07) is 4.96. The van der Waals surface area contributed by atoms with E-state index >= 15 is 0 Å². The molecule has 1 aromatic rings. The molecule has 1 unspecified atom stereocenters. The molecule has 1 aliphatic rings. The standard InChI is InChI=1S/C11H11BrFN3O/c12-8-3-11(10(15)4-9(8)13)16-1-2-17-7(5-14)6-16/h3-4,7H,1-2,6,15H2. The summed E-state index contributed by atoms with van der Waals surface area (Å²) in [6.07, 6.45) is -0.466. The van der Waals surface area contributed by atoms with Gasteiger partial charge in [-0.2, -0.15) is 5.26 Å². The zero-order chi connectivity index (χ0) is 12.4. The van der Waals surface area contributed by atoms with Gasteiger partial charge >= 0.3 is 0 Å². The van der Waals surface area contributed by atoms with Gasteiger partial charge < -0.3 is 15.4 Å². The van der Waals surface area contributed by atoms with Gasteiger partial charge in [-0.15, -0.1) is 0 Å². The Balaban J connectivity index is 2.28. The van der Waals surface area contributed by atoms with Crippen molar-refractivity contribution in [1.29, 1.82) is 5.26 Å². The van der Waals surface area contributed by atoms with E-state index in [1.807, 2.05) is 4.90 Å². The number of hydrogen-bond acceptors (Lipinski definition) is 4. The lowest BCUT2D eigenvalue weighted by Crippen LogP contribution is -2.42. The molecular weight excluding hydrogens is 289 g/mol. The number of nitriles is 1. The average molecular weight is 300 g/mol. The monoisotopic (exact) mass is 299 g/mol. The van der Waals surface area contributed by atoms with Crippen LogP contribution in [0, 0.1) is 17.1 Å². The molecule has 2 N–H and O–H groups in total. The van der Waals surface area contributed by atoms with Crippen LogP contribution in [0.5, 0.6) is 0 Å². The zero-order valence-electron chi connectivity index (χ0n) is 8.99. The third kappa shape index (κ3) is 2.51. The summed E-state index contributed by atoms with van der Waals surface area (Å²) in [4.78, 5) is 1.93. The fraction of sp³-hybridized carbons (Fsp3) is 0.364. The molecule has 0 radical (unpaired) electrons. The highest BCUT2D eigenvalue weighted by Crippen LogP contribution is 2.30. The Morgan fingerprint density at radius 3 is 3.06 bits per heavy atom. The number of nitrogens with zero attached hydrogens (tertiary/aromatic N) is 2. The summed E-state index contributed by atoms with van der Waals surface area (Å²) in [5, 5.41) is 8.82. The molecule has 0 saturated carbocycles. The van der Waals surface area contributed by atoms with Crippen molar-refractivity contribution in [3.8, 4) is 6.07 Å². The molecule has 17 heavy (non-hydrogen) atoms. The molecule has 1 heterocycles. The lowest BCUT2D eigenvalue weighted by atomic mass is 10.2. The highest BCUT2D eigenvalue weighted by Gasteiger charge is 2.22. The number of anilines is 2. The second kappa shape index (κ2) is 4.90. The number of halogens is 2. The van der Waals surface area contributed by atoms with Crippen molar-refractivity contribution in [2.75, 3.05) is 30.3 Å². The number of morpholine rings is 1. The number of hydrogen-bond donors (Lipinski definition) is 1. The number of rotatable bonds is 1. The van der Waals surface area contributed by atoms with Crippen LogP contribution in [0.25, 0.3) is 0 Å². The fourth-order valence-corrected chi connectivity index (χ4v) is 2.10. The lowest BCUT2D eigenvalue weighted by molar-refractivity contribution is 0.0765. The Labute approximate surface area is 107 Å². The Bertz CT molecular complexity index is 475. The first-order chi connectivity index (χ1) is 8.11. The number of nitrogen functional groups attached to an aromatic ring is 1. The van der Waals surface area contributed by atoms with E-state index in [-0.39, 0.29) is 0 Å². The van der Waals surface area contributed by atoms with Gasteiger partial charge in [-0.05, 0) is 22.0 Å². The predicted octanol–water partition coefficient (Wildman–Crippen LogP) is 1.90. The van der Waals surface area contributed by atoms with Crippen LogP contribution in [0.4, 0.5) is 15.8 Å². The average Bonchev–Trinajstić information content (AvgIpc) is 2.34. The topological polar surface area (TPSA) is 62.3 Å². The van der Waals surface area contributed by atoms with E-state index in [1.54, 1.807) is 6.07 Å². The molecule has 2 rings (SSSR count). The van der Waals surface area contributed by atoms with Crippen LogP contribution in [0.15, 0.2) is 16.6 Å². The van der Waals surface area contributed by atoms with Gasteiger partial charge in [0.25, 0.3) is 0 Å². The van der Waals surface area contributed by atoms with Crippen LogP contribution < -0.4 is 10.6 Å². The molecule has 1 saturated heterocycles. The van der Waals surface area contributed by atoms with E-state index < -0.39 is 11.9 Å². The minimum absolute atomic E-state index is 0.363. The highest BCUT2D eigenvalue weighted by atomic mass is 79.9. The Hall–Kier alpha value is -1.32. The molecule has 1 aromatic carbocycles. The van der Waals surface area contributed by atoms with E-state index in [9.17, 15) is 4.39 Å². The molecule has 0 aliphatic carbocycles. The fourth-order valence-electron chi connectivity index (χ4n) is 1.77. The number of ether oxygens (including phenoxy) is 1. The quantitative estimate of drug-likeness (QED) is 0.805. The lowest BCUT2D eigenvalue weighted by Gasteiger charge is -2.32. The summed E-state index contributed by atoms with van der Waals surface area (Å²) in [6.45, 7) is 1.55. The molecule has 90 valence electrons. The van der Waals surface area contributed by atoms with Crippen molar-refractivity contribution < 1.29 is 9.13 Å². The summed E-state index contributed by atoms with van der Waals surface area (Å²) in [5.74, 6) is -0.392. The molecule has 1 aliphatic heterocycles. The van der Waals surface area contributed by atoms with Crippen molar-refractivity contribution in [1.82, 2.24) is 0 Å². The van der Waals surface area contributed by atoms with Crippen molar-refractivity contribution in [2.45, 2.75) is 6.10 Å². The smallest absolute Gasteiger partial charge is 0.161 e. The normalized spacial score (nSPS) is 20.1. The summed E-state index contributed by atoms with van der Waals surface area (Å²) >= 11 is 3.13. The minimum Gasteiger partial charge on any atom is -0.397 e. The zero-order valence-corrected chi connectivity index (χ0v) is 10.6. The molecule has 0 spiro atoms. The van der Waals surface area contributed by atoms with E-state index in [1.165, 1.54) is 6.07 Å². The summed E-state index contributed by atoms with van der Waals surface area (Å²) < 4.78 is 18.9. The van der Waals surface area contributed by atoms with Gasteiger partial charge in [0.15, 0.2) is 6.10 Å². The van der Waals surface area contributed by atoms with E-state index in [2.05, 4.69) is 22.0 Å². The molecule has 1 atom stereocenters. The number of nitrogens with two attached hydrogens (primary N) is 1. The molecular formula is C11H11BrFN3O. The van der Waals surface area contributed by atoms with Gasteiger partial charge in [-0.1, -0.05) is 0 Å². The van der Waals surface area contributed by atoms with Gasteiger partial charge in [0.1, 0.15) is 5.82 Å². The van der Waals surface area contributed by atoms with E-state index in [0.29, 0.717) is 29.9 Å². The maximum absolute atomic E-state index is 13.2. The van der Waals surface area contributed by atoms with Crippen LogP contribution in [-0.2, 0) is 4.74 Å². The second-order valence-electron chi connectivity index (χ2n) is 3.76. The van der Waals surface area contributed by atoms with Gasteiger partial charge in [-0.25, -0.2) is 4.39 Å². The first-order valence-corrected chi connectivity index (χ1v) is 5.92. The maximum atomic E-state index is 13.2. The first kappa shape index (κ1) is 12.1. The van der Waals surface area contributed by atoms with Crippen molar-refractivity contribution in [3.05, 3.63) is 22.4 Å². The van der Waals surface area contributed by atoms with Crippen molar-refractivity contribution >= 4 is 27.3 Å². The van der Waals surface area contributed by atoms with Crippen molar-refractivity contribution in [3.63, 3.8) is 0 Å². The van der Waals surface area contributed by atoms with Gasteiger partial charge in [0, 0.05) is 12.6 Å². The van der Waals surface area contributed by atoms with Crippen LogP contribution >= 0.6 is 15.9 Å². The Morgan fingerprint density at radius 2 is 2.35 bits per heavy atom. The van der Waals surface area contributed by atoms with Gasteiger partial charge in [0.2, 0.25) is 0 Å². The molecule has 4 nitrogen and oxygen atoms in total. The first-order valence-electron chi connectivity index (χ1n) is 5.12. The second-order valence-corrected chi connectivity index (χ2v) is 4.61. The third-order valence-corrected chi connectivity index (χ3v) is 3.23. The van der Waals surface area contributed by atoms with E-state index in [4.69, 9.17) is 15.7 Å². The van der Waals surface area contributed by atoms with Crippen LogP contribution in [0.3, 0.4) is 0 Å². The SMILES string of the molecule is N#CC1CN(c2cc(Br)c(F)cc2N)CCO1. The summed E-state index contributed by atoms with van der Waals surface area (Å²) in [7, 11) is 0. The maximum Gasteiger partial charge on any atom is 0.161 e. The van der Waals surface area contributed by atoms with Crippen LogP contribution in [-0.4, -0.2) is 25.8 Å². The summed E-state index contributed by atoms with van der Waals surface area (Å²) in [5.41, 5.74) is 6.87. The Morgan fingerprint density at radius 1 is 1.59 bits per heavy atom. The number of benzene rings is 1. The molecule has 0 aromatic heterocycles. The molecule has 0 bridgehead atoms. The predicted molar refractivity (Wildman–Crippen MR) is 66.1 cm³/mol. The molecule has 6 heteroatoms. The Kier molecular flexibility index (Phi) is 3.50. The van der Waals surface area contributed by atoms with Crippen LogP contribution in [0.1, 0.15) is 0 Å². The molecule has 0 amide bonds. The highest BCUT2D eigenvalue weighted by molar-refractivity contribution is 9.10. The van der Waals surface area contributed by atoms with Crippen molar-refractivity contribution in [2.24, 2.45) is 0 Å². The van der Waals surface area contributed by atoms with Gasteiger partial charge in [0.05, 0.1) is 35.1 Å². The third-order valence-electron chi connectivity index (χ3n) is 2.62. The van der Waals surface area contributed by atoms with Gasteiger partial charge in [-0.3, -0.25) is 0 Å². The minimum atomic E-state index is -0.466. The van der Waals surface area contributed by atoms with Crippen LogP contribution in [0.2, 0.25) is 0 Å². The molecule has 1 fully saturated rings. The van der Waals surface area contributed by atoms with E-state index in [0.717, 1.165) is 5.69 Å².